The van der Waals surface area contributed by atoms with E-state index in [-0.39, 0.29) is 24.9 Å². The Morgan fingerprint density at radius 1 is 0.861 bits per heavy atom. The topological polar surface area (TPSA) is 69.2 Å². The lowest BCUT2D eigenvalue weighted by Gasteiger charge is -2.11. The van der Waals surface area contributed by atoms with Gasteiger partial charge in [0.1, 0.15) is 18.2 Å². The van der Waals surface area contributed by atoms with E-state index in [4.69, 9.17) is 14.2 Å². The van der Waals surface area contributed by atoms with E-state index in [0.29, 0.717) is 22.8 Å². The van der Waals surface area contributed by atoms with Gasteiger partial charge in [-0.3, -0.25) is 4.79 Å². The van der Waals surface area contributed by atoms with E-state index in [2.05, 4.69) is 10.5 Å². The zero-order valence-electron chi connectivity index (χ0n) is 19.7. The third-order valence-corrected chi connectivity index (χ3v) is 5.23. The summed E-state index contributed by atoms with van der Waals surface area (Å²) in [6.07, 6.45) is 1.50. The first kappa shape index (κ1) is 24.5. The molecule has 182 valence electrons. The Hall–Kier alpha value is -4.65. The molecule has 4 rings (SSSR count). The quantitative estimate of drug-likeness (QED) is 0.235. The lowest BCUT2D eigenvalue weighted by molar-refractivity contribution is -0.123. The number of carbonyl (C=O) groups excluding carboxylic acids is 1. The number of ether oxygens (including phenoxy) is 3. The Kier molecular flexibility index (Phi) is 8.27. The van der Waals surface area contributed by atoms with Gasteiger partial charge in [-0.15, -0.1) is 0 Å². The number of carbonyl (C=O) groups is 1. The molecular formula is C29H25FN2O4. The zero-order chi connectivity index (χ0) is 25.2. The maximum Gasteiger partial charge on any atom is 0.277 e. The van der Waals surface area contributed by atoms with E-state index in [9.17, 15) is 9.18 Å². The number of methoxy groups -OCH3 is 1. The van der Waals surface area contributed by atoms with Crippen LogP contribution in [0.1, 0.15) is 11.1 Å². The van der Waals surface area contributed by atoms with E-state index in [1.54, 1.807) is 30.3 Å². The highest BCUT2D eigenvalue weighted by molar-refractivity contribution is 5.84. The van der Waals surface area contributed by atoms with Gasteiger partial charge in [0.2, 0.25) is 0 Å². The van der Waals surface area contributed by atoms with Crippen LogP contribution < -0.4 is 19.6 Å². The van der Waals surface area contributed by atoms with Gasteiger partial charge in [0.05, 0.1) is 13.3 Å². The summed E-state index contributed by atoms with van der Waals surface area (Å²) in [5, 5.41) is 4.00. The molecule has 0 atom stereocenters. The van der Waals surface area contributed by atoms with Crippen LogP contribution in [0.15, 0.2) is 102 Å². The predicted molar refractivity (Wildman–Crippen MR) is 137 cm³/mol. The Bertz CT molecular complexity index is 1320. The summed E-state index contributed by atoms with van der Waals surface area (Å²) in [6, 6.07) is 28.7. The van der Waals surface area contributed by atoms with Gasteiger partial charge < -0.3 is 14.2 Å². The normalized spacial score (nSPS) is 10.7. The van der Waals surface area contributed by atoms with Crippen molar-refractivity contribution >= 4 is 12.1 Å². The van der Waals surface area contributed by atoms with Crippen LogP contribution in [-0.2, 0) is 11.4 Å². The number of nitrogens with one attached hydrogen (secondary N) is 1. The van der Waals surface area contributed by atoms with E-state index in [1.807, 2.05) is 54.6 Å². The van der Waals surface area contributed by atoms with Crippen molar-refractivity contribution in [2.75, 3.05) is 13.7 Å². The second-order valence-electron chi connectivity index (χ2n) is 7.77. The van der Waals surface area contributed by atoms with Crippen LogP contribution in [0.25, 0.3) is 11.1 Å². The van der Waals surface area contributed by atoms with Gasteiger partial charge in [-0.1, -0.05) is 60.7 Å². The van der Waals surface area contributed by atoms with Crippen molar-refractivity contribution in [3.8, 4) is 28.4 Å². The van der Waals surface area contributed by atoms with Crippen LogP contribution in [0.4, 0.5) is 4.39 Å². The highest BCUT2D eigenvalue weighted by atomic mass is 19.1. The number of nitrogens with zero attached hydrogens (tertiary/aromatic N) is 1. The molecule has 1 N–H and O–H groups in total. The SMILES string of the molecule is COc1cc(/C=N/NC(=O)COc2ccccc2-c2ccccc2)ccc1OCc1ccc(F)cc1. The number of halogens is 1. The number of hydrogen-bond acceptors (Lipinski definition) is 5. The molecule has 0 saturated carbocycles. The van der Waals surface area contributed by atoms with Crippen molar-refractivity contribution in [1.82, 2.24) is 5.43 Å². The molecule has 4 aromatic rings. The summed E-state index contributed by atoms with van der Waals surface area (Å²) in [6.45, 7) is 0.0915. The molecule has 0 saturated heterocycles. The summed E-state index contributed by atoms with van der Waals surface area (Å²) >= 11 is 0. The maximum atomic E-state index is 13.1. The minimum atomic E-state index is -0.389. The molecule has 0 aliphatic carbocycles. The molecule has 0 bridgehead atoms. The van der Waals surface area contributed by atoms with Crippen LogP contribution in [0, 0.1) is 5.82 Å². The lowest BCUT2D eigenvalue weighted by Crippen LogP contribution is -2.24. The Morgan fingerprint density at radius 2 is 1.61 bits per heavy atom. The summed E-state index contributed by atoms with van der Waals surface area (Å²) < 4.78 is 30.0. The van der Waals surface area contributed by atoms with E-state index in [0.717, 1.165) is 16.7 Å². The van der Waals surface area contributed by atoms with Crippen LogP contribution >= 0.6 is 0 Å². The second kappa shape index (κ2) is 12.2. The highest BCUT2D eigenvalue weighted by Crippen LogP contribution is 2.30. The third kappa shape index (κ3) is 6.70. The van der Waals surface area contributed by atoms with Gasteiger partial charge in [0.15, 0.2) is 18.1 Å². The summed E-state index contributed by atoms with van der Waals surface area (Å²) in [4.78, 5) is 12.3. The smallest absolute Gasteiger partial charge is 0.277 e. The third-order valence-electron chi connectivity index (χ3n) is 5.23. The van der Waals surface area contributed by atoms with E-state index >= 15 is 0 Å². The maximum absolute atomic E-state index is 13.1. The van der Waals surface area contributed by atoms with E-state index in [1.165, 1.54) is 25.5 Å². The Labute approximate surface area is 209 Å². The molecule has 0 aromatic heterocycles. The lowest BCUT2D eigenvalue weighted by atomic mass is 10.1. The fraction of sp³-hybridized carbons (Fsp3) is 0.103. The molecule has 0 heterocycles. The molecule has 0 radical (unpaired) electrons. The monoisotopic (exact) mass is 484 g/mol. The fourth-order valence-electron chi connectivity index (χ4n) is 3.43. The van der Waals surface area contributed by atoms with Crippen LogP contribution in [0.5, 0.6) is 17.2 Å². The van der Waals surface area contributed by atoms with Crippen LogP contribution in [0.2, 0.25) is 0 Å². The van der Waals surface area contributed by atoms with Crippen LogP contribution in [-0.4, -0.2) is 25.8 Å². The number of benzene rings is 4. The van der Waals surface area contributed by atoms with Crippen molar-refractivity contribution in [3.05, 3.63) is 114 Å². The van der Waals surface area contributed by atoms with E-state index < -0.39 is 0 Å². The van der Waals surface area contributed by atoms with Crippen molar-refractivity contribution in [3.63, 3.8) is 0 Å². The number of rotatable bonds is 10. The summed E-state index contributed by atoms with van der Waals surface area (Å²) in [5.74, 6) is 0.974. The first-order valence-electron chi connectivity index (χ1n) is 11.3. The van der Waals surface area contributed by atoms with Crippen molar-refractivity contribution in [2.45, 2.75) is 6.61 Å². The Morgan fingerprint density at radius 3 is 2.39 bits per heavy atom. The summed E-state index contributed by atoms with van der Waals surface area (Å²) in [7, 11) is 1.54. The number of hydrazone groups is 1. The van der Waals surface area contributed by atoms with Gasteiger partial charge in [0.25, 0.3) is 5.91 Å². The minimum Gasteiger partial charge on any atom is -0.493 e. The largest absolute Gasteiger partial charge is 0.493 e. The first-order chi connectivity index (χ1) is 17.6. The molecular weight excluding hydrogens is 459 g/mol. The highest BCUT2D eigenvalue weighted by Gasteiger charge is 2.09. The molecule has 6 nitrogen and oxygen atoms in total. The average Bonchev–Trinajstić information content (AvgIpc) is 2.92. The van der Waals surface area contributed by atoms with Crippen LogP contribution in [0.3, 0.4) is 0 Å². The number of para-hydroxylation sites is 1. The number of hydrogen-bond donors (Lipinski definition) is 1. The van der Waals surface area contributed by atoms with Crippen molar-refractivity contribution in [1.29, 1.82) is 0 Å². The molecule has 0 fully saturated rings. The van der Waals surface area contributed by atoms with Gasteiger partial charge in [0, 0.05) is 5.56 Å². The fourth-order valence-corrected chi connectivity index (χ4v) is 3.43. The molecule has 0 spiro atoms. The molecule has 0 aliphatic heterocycles. The standard InChI is InChI=1S/C29H25FN2O4/c1-34-28-17-22(13-16-27(28)35-19-21-11-14-24(30)15-12-21)18-31-32-29(33)20-36-26-10-6-5-9-25(26)23-7-3-2-4-8-23/h2-18H,19-20H2,1H3,(H,32,33)/b31-18+. The zero-order valence-corrected chi connectivity index (χ0v) is 19.7. The molecule has 36 heavy (non-hydrogen) atoms. The molecule has 7 heteroatoms. The molecule has 0 aliphatic rings. The second-order valence-corrected chi connectivity index (χ2v) is 7.77. The predicted octanol–water partition coefficient (Wildman–Crippen LogP) is 5.61. The Balaban J connectivity index is 1.31. The minimum absolute atomic E-state index is 0.180. The summed E-state index contributed by atoms with van der Waals surface area (Å²) in [5.41, 5.74) is 5.92. The first-order valence-corrected chi connectivity index (χ1v) is 11.3. The van der Waals surface area contributed by atoms with Gasteiger partial charge >= 0.3 is 0 Å². The van der Waals surface area contributed by atoms with Crippen molar-refractivity contribution < 1.29 is 23.4 Å². The number of amides is 1. The molecule has 0 unspecified atom stereocenters. The molecule has 1 amide bonds. The average molecular weight is 485 g/mol. The van der Waals surface area contributed by atoms with Gasteiger partial charge in [-0.2, -0.15) is 5.10 Å². The van der Waals surface area contributed by atoms with Gasteiger partial charge in [-0.05, 0) is 53.1 Å². The van der Waals surface area contributed by atoms with Crippen molar-refractivity contribution in [2.24, 2.45) is 5.10 Å². The molecule has 4 aromatic carbocycles. The van der Waals surface area contributed by atoms with Gasteiger partial charge in [-0.25, -0.2) is 9.82 Å².